The van der Waals surface area contributed by atoms with E-state index in [4.69, 9.17) is 16.3 Å². The molecule has 0 saturated carbocycles. The van der Waals surface area contributed by atoms with E-state index < -0.39 is 18.0 Å². The van der Waals surface area contributed by atoms with Crippen LogP contribution in [0.1, 0.15) is 10.4 Å². The molecule has 192 valence electrons. The Morgan fingerprint density at radius 2 is 1.78 bits per heavy atom. The van der Waals surface area contributed by atoms with Crippen molar-refractivity contribution in [2.24, 2.45) is 0 Å². The SMILES string of the molecule is O=C(NC[C@H]1CN(c2ccc(N3CCN(c4ccncc4)CC3)c(F)c2)C(=O)O1)c1cc(Cl)ccc1S. The average molecular weight is 542 g/mol. The van der Waals surface area contributed by atoms with Gasteiger partial charge in [0.25, 0.3) is 5.91 Å². The lowest BCUT2D eigenvalue weighted by Crippen LogP contribution is -2.46. The zero-order valence-electron chi connectivity index (χ0n) is 19.8. The van der Waals surface area contributed by atoms with Gasteiger partial charge in [0.05, 0.1) is 30.0 Å². The van der Waals surface area contributed by atoms with Crippen LogP contribution in [-0.4, -0.2) is 62.4 Å². The lowest BCUT2D eigenvalue weighted by atomic mass is 10.2. The third-order valence-corrected chi connectivity index (χ3v) is 7.08. The number of cyclic esters (lactones) is 1. The van der Waals surface area contributed by atoms with Gasteiger partial charge < -0.3 is 19.9 Å². The smallest absolute Gasteiger partial charge is 0.414 e. The summed E-state index contributed by atoms with van der Waals surface area (Å²) in [5.41, 5.74) is 2.33. The number of hydrogen-bond acceptors (Lipinski definition) is 7. The van der Waals surface area contributed by atoms with Crippen molar-refractivity contribution in [3.63, 3.8) is 0 Å². The van der Waals surface area contributed by atoms with E-state index in [0.29, 0.717) is 39.9 Å². The number of halogens is 2. The van der Waals surface area contributed by atoms with Crippen LogP contribution in [0, 0.1) is 5.82 Å². The fourth-order valence-electron chi connectivity index (χ4n) is 4.51. The molecule has 0 bridgehead atoms. The third kappa shape index (κ3) is 5.60. The molecule has 2 aliphatic rings. The molecule has 11 heteroatoms. The molecule has 2 aliphatic heterocycles. The van der Waals surface area contributed by atoms with Crippen molar-refractivity contribution in [1.29, 1.82) is 0 Å². The Bertz CT molecular complexity index is 1310. The van der Waals surface area contributed by atoms with E-state index in [9.17, 15) is 9.59 Å². The van der Waals surface area contributed by atoms with Crippen LogP contribution in [-0.2, 0) is 4.74 Å². The fourth-order valence-corrected chi connectivity index (χ4v) is 4.92. The number of nitrogens with zero attached hydrogens (tertiary/aromatic N) is 4. The summed E-state index contributed by atoms with van der Waals surface area (Å²) in [7, 11) is 0. The van der Waals surface area contributed by atoms with E-state index in [0.717, 1.165) is 18.8 Å². The van der Waals surface area contributed by atoms with Crippen molar-refractivity contribution in [2.45, 2.75) is 11.0 Å². The molecule has 2 aromatic carbocycles. The molecule has 2 amide bonds. The maximum atomic E-state index is 15.1. The van der Waals surface area contributed by atoms with Gasteiger partial charge in [-0.1, -0.05) is 11.6 Å². The van der Waals surface area contributed by atoms with Crippen molar-refractivity contribution >= 4 is 53.3 Å². The molecule has 1 N–H and O–H groups in total. The first kappa shape index (κ1) is 25.2. The number of thiol groups is 1. The summed E-state index contributed by atoms with van der Waals surface area (Å²) in [5, 5.41) is 3.16. The molecule has 2 fully saturated rings. The minimum Gasteiger partial charge on any atom is -0.442 e. The normalized spacial score (nSPS) is 17.6. The number of pyridine rings is 1. The zero-order chi connectivity index (χ0) is 25.9. The zero-order valence-corrected chi connectivity index (χ0v) is 21.5. The molecule has 3 aromatic rings. The third-order valence-electron chi connectivity index (χ3n) is 6.46. The molecule has 0 unspecified atom stereocenters. The number of aromatic nitrogens is 1. The van der Waals surface area contributed by atoms with Gasteiger partial charge in [-0.3, -0.25) is 14.7 Å². The highest BCUT2D eigenvalue weighted by Crippen LogP contribution is 2.29. The van der Waals surface area contributed by atoms with Gasteiger partial charge in [-0.2, -0.15) is 0 Å². The summed E-state index contributed by atoms with van der Waals surface area (Å²) >= 11 is 10.3. The summed E-state index contributed by atoms with van der Waals surface area (Å²) in [6, 6.07) is 13.5. The maximum absolute atomic E-state index is 15.1. The second kappa shape index (κ2) is 10.9. The second-order valence-corrected chi connectivity index (χ2v) is 9.72. The molecule has 1 atom stereocenters. The van der Waals surface area contributed by atoms with Crippen LogP contribution in [0.4, 0.5) is 26.2 Å². The monoisotopic (exact) mass is 541 g/mol. The minimum absolute atomic E-state index is 0.100. The number of benzene rings is 2. The molecule has 37 heavy (non-hydrogen) atoms. The van der Waals surface area contributed by atoms with Gasteiger partial charge in [0.1, 0.15) is 11.9 Å². The van der Waals surface area contributed by atoms with Crippen LogP contribution in [0.3, 0.4) is 0 Å². The molecule has 8 nitrogen and oxygen atoms in total. The number of ether oxygens (including phenoxy) is 1. The number of piperazine rings is 1. The highest BCUT2D eigenvalue weighted by molar-refractivity contribution is 7.80. The van der Waals surface area contributed by atoms with E-state index in [1.165, 1.54) is 17.0 Å². The molecule has 5 rings (SSSR count). The topological polar surface area (TPSA) is 78.0 Å². The molecule has 0 spiro atoms. The largest absolute Gasteiger partial charge is 0.442 e. The van der Waals surface area contributed by atoms with E-state index in [1.807, 2.05) is 17.0 Å². The van der Waals surface area contributed by atoms with Crippen molar-refractivity contribution < 1.29 is 18.7 Å². The summed E-state index contributed by atoms with van der Waals surface area (Å²) < 4.78 is 20.5. The number of rotatable bonds is 6. The van der Waals surface area contributed by atoms with Crippen LogP contribution >= 0.6 is 24.2 Å². The Morgan fingerprint density at radius 3 is 2.51 bits per heavy atom. The first-order valence-corrected chi connectivity index (χ1v) is 12.7. The first-order chi connectivity index (χ1) is 17.9. The van der Waals surface area contributed by atoms with E-state index in [-0.39, 0.29) is 19.0 Å². The number of nitrogens with one attached hydrogen (secondary N) is 1. The van der Waals surface area contributed by atoms with Gasteiger partial charge in [-0.05, 0) is 48.5 Å². The minimum atomic E-state index is -0.588. The van der Waals surface area contributed by atoms with Crippen molar-refractivity contribution in [3.05, 3.63) is 77.3 Å². The van der Waals surface area contributed by atoms with Gasteiger partial charge in [0.15, 0.2) is 0 Å². The van der Waals surface area contributed by atoms with Crippen LogP contribution in [0.2, 0.25) is 5.02 Å². The molecule has 2 saturated heterocycles. The predicted molar refractivity (Wildman–Crippen MR) is 144 cm³/mol. The first-order valence-electron chi connectivity index (χ1n) is 11.8. The highest BCUT2D eigenvalue weighted by atomic mass is 35.5. The quantitative estimate of drug-likeness (QED) is 0.455. The number of amides is 2. The molecule has 0 aliphatic carbocycles. The summed E-state index contributed by atoms with van der Waals surface area (Å²) in [6.07, 6.45) is 2.36. The van der Waals surface area contributed by atoms with E-state index in [2.05, 4.69) is 27.8 Å². The Labute approximate surface area is 224 Å². The average Bonchev–Trinajstić information content (AvgIpc) is 3.29. The lowest BCUT2D eigenvalue weighted by molar-refractivity contribution is 0.0913. The van der Waals surface area contributed by atoms with Gasteiger partial charge in [0, 0.05) is 54.2 Å². The standard InChI is InChI=1S/C26H25ClFN5O3S/c27-17-1-4-24(37)21(13-17)25(34)30-15-20-16-33(26(35)36-20)19-2-3-23(22(28)14-19)32-11-9-31(10-12-32)18-5-7-29-8-6-18/h1-8,13-14,20,37H,9-12,15-16H2,(H,30,34)/t20-/m0/s1. The summed E-state index contributed by atoms with van der Waals surface area (Å²) in [6.45, 7) is 3.16. The maximum Gasteiger partial charge on any atom is 0.414 e. The lowest BCUT2D eigenvalue weighted by Gasteiger charge is -2.37. The van der Waals surface area contributed by atoms with Gasteiger partial charge in [0.2, 0.25) is 0 Å². The number of carbonyl (C=O) groups excluding carboxylic acids is 2. The predicted octanol–water partition coefficient (Wildman–Crippen LogP) is 4.24. The fraction of sp³-hybridized carbons (Fsp3) is 0.269. The van der Waals surface area contributed by atoms with Gasteiger partial charge in [-0.25, -0.2) is 9.18 Å². The Morgan fingerprint density at radius 1 is 1.05 bits per heavy atom. The Hall–Kier alpha value is -3.50. The Balaban J connectivity index is 1.18. The molecular formula is C26H25ClFN5O3S. The van der Waals surface area contributed by atoms with Crippen LogP contribution in [0.25, 0.3) is 0 Å². The Kier molecular flexibility index (Phi) is 7.38. The van der Waals surface area contributed by atoms with Crippen LogP contribution in [0.5, 0.6) is 0 Å². The van der Waals surface area contributed by atoms with Crippen LogP contribution < -0.4 is 20.0 Å². The summed E-state index contributed by atoms with van der Waals surface area (Å²) in [5.74, 6) is -0.775. The van der Waals surface area contributed by atoms with Gasteiger partial charge in [-0.15, -0.1) is 12.6 Å². The molecular weight excluding hydrogens is 517 g/mol. The second-order valence-electron chi connectivity index (χ2n) is 8.80. The molecule has 0 radical (unpaired) electrons. The van der Waals surface area contributed by atoms with Crippen molar-refractivity contribution in [1.82, 2.24) is 10.3 Å². The van der Waals surface area contributed by atoms with Crippen LogP contribution in [0.15, 0.2) is 65.8 Å². The molecule has 3 heterocycles. The number of anilines is 3. The summed E-state index contributed by atoms with van der Waals surface area (Å²) in [4.78, 5) is 35.1. The van der Waals surface area contributed by atoms with E-state index >= 15 is 4.39 Å². The van der Waals surface area contributed by atoms with Crippen molar-refractivity contribution in [2.75, 3.05) is 54.0 Å². The van der Waals surface area contributed by atoms with E-state index in [1.54, 1.807) is 36.7 Å². The molecule has 1 aromatic heterocycles. The number of hydrogen-bond donors (Lipinski definition) is 2. The van der Waals surface area contributed by atoms with Gasteiger partial charge >= 0.3 is 6.09 Å². The number of carbonyl (C=O) groups is 2. The highest BCUT2D eigenvalue weighted by Gasteiger charge is 2.33. The van der Waals surface area contributed by atoms with Crippen molar-refractivity contribution in [3.8, 4) is 0 Å².